The molecule has 29 nitrogen and oxygen atoms in total. The SMILES string of the molecule is CCCCCCCCCC(=O)NCCCC[C@H](NC(=O)[C@H](Cc1c[nH]c2ccccc12)NC(=O)[C@@H](CCCN=C(N)N)NC(=O)[C@@H](Cc1c[nH]c2ccccc12)NC(=O)[C@@H](CCCN=C(N)N)NC(=O)[C@@H](Cc1c[nH]c2ccccc12)NC(=O)[C@H](N)CCCN=C(N)N)C(N)=O. The lowest BCUT2D eigenvalue weighted by Gasteiger charge is -2.28. The summed E-state index contributed by atoms with van der Waals surface area (Å²) in [6, 6.07) is 12.9. The van der Waals surface area contributed by atoms with Crippen LogP contribution in [-0.4, -0.2) is 149 Å². The number of nitrogens with zero attached hydrogens (tertiary/aromatic N) is 3. The molecule has 0 bridgehead atoms. The van der Waals surface area contributed by atoms with E-state index < -0.39 is 83.6 Å². The first-order chi connectivity index (χ1) is 46.2. The average Bonchev–Trinajstić information content (AvgIpc) is 1.65. The Morgan fingerprint density at radius 1 is 0.396 bits per heavy atom. The van der Waals surface area contributed by atoms with Crippen LogP contribution >= 0.6 is 0 Å². The molecule has 0 radical (unpaired) electrons. The average molecular weight is 1330 g/mol. The minimum atomic E-state index is -1.46. The summed E-state index contributed by atoms with van der Waals surface area (Å²) in [7, 11) is 0. The summed E-state index contributed by atoms with van der Waals surface area (Å²) in [6.07, 6.45) is 14.6. The van der Waals surface area contributed by atoms with Gasteiger partial charge >= 0.3 is 0 Å². The molecule has 0 saturated heterocycles. The van der Waals surface area contributed by atoms with E-state index in [1.54, 1.807) is 18.6 Å². The fourth-order valence-electron chi connectivity index (χ4n) is 11.3. The van der Waals surface area contributed by atoms with E-state index in [0.29, 0.717) is 48.9 Å². The zero-order valence-corrected chi connectivity index (χ0v) is 54.9. The van der Waals surface area contributed by atoms with E-state index >= 15 is 14.4 Å². The number of primary amides is 1. The summed E-state index contributed by atoms with van der Waals surface area (Å²) >= 11 is 0. The van der Waals surface area contributed by atoms with Gasteiger partial charge in [0.2, 0.25) is 47.3 Å². The molecule has 96 heavy (non-hydrogen) atoms. The Bertz CT molecular complexity index is 3600. The molecule has 3 heterocycles. The normalized spacial score (nSPS) is 13.4. The number of hydrogen-bond acceptors (Lipinski definition) is 12. The topological polar surface area (TPSA) is 513 Å². The number of para-hydroxylation sites is 3. The highest BCUT2D eigenvalue weighted by Crippen LogP contribution is 2.23. The second kappa shape index (κ2) is 39.5. The third-order valence-corrected chi connectivity index (χ3v) is 16.6. The van der Waals surface area contributed by atoms with E-state index in [0.717, 1.165) is 58.4 Å². The number of guanidine groups is 3. The van der Waals surface area contributed by atoms with Crippen LogP contribution in [0.25, 0.3) is 32.7 Å². The van der Waals surface area contributed by atoms with E-state index in [4.69, 9.17) is 45.9 Å². The first-order valence-electron chi connectivity index (χ1n) is 33.2. The van der Waals surface area contributed by atoms with Crippen LogP contribution in [0.3, 0.4) is 0 Å². The van der Waals surface area contributed by atoms with Gasteiger partial charge in [-0.1, -0.05) is 100 Å². The van der Waals surface area contributed by atoms with Gasteiger partial charge in [0.15, 0.2) is 17.9 Å². The second-order valence-corrected chi connectivity index (χ2v) is 24.1. The highest BCUT2D eigenvalue weighted by molar-refractivity contribution is 5.99. The quantitative estimate of drug-likeness (QED) is 0.0146. The summed E-state index contributed by atoms with van der Waals surface area (Å²) < 4.78 is 0. The predicted molar refractivity (Wildman–Crippen MR) is 374 cm³/mol. The van der Waals surface area contributed by atoms with Gasteiger partial charge in [0.25, 0.3) is 0 Å². The third-order valence-electron chi connectivity index (χ3n) is 16.6. The molecule has 0 fully saturated rings. The number of hydrogen-bond donors (Lipinski definition) is 18. The fraction of sp³-hybridized carbons (Fsp3) is 0.478. The molecule has 3 aromatic carbocycles. The molecular weight excluding hydrogens is 1230 g/mol. The summed E-state index contributed by atoms with van der Waals surface area (Å²) in [5.41, 5.74) is 50.1. The largest absolute Gasteiger partial charge is 0.370 e. The zero-order chi connectivity index (χ0) is 69.4. The predicted octanol–water partition coefficient (Wildman–Crippen LogP) is 1.47. The standard InChI is InChI=1S/C67H99N21O8/c1-2-3-4-5-6-7-8-30-57(89)76-31-16-15-27-51(58(69)90)83-62(94)55(36-42-39-81-49-25-13-10-21-45(42)49)87-60(92)53(29-19-34-79-67(74)75)85-64(96)56(37-43-40-82-50-26-14-11-22-46(43)50)88-61(93)52(28-18-33-78-66(72)73)84-63(95)54(35-41-38-80-48-24-12-9-20-44(41)48)86-59(91)47(68)23-17-32-77-65(70)71/h9-14,20-22,24-26,38-40,47,51-56,80-82H,2-8,15-19,23,27-37,68H2,1H3,(H2,69,90)(H,76,89)(H,83,94)(H,84,95)(H,85,96)(H,86,91)(H,87,92)(H,88,93)(H4,70,71,77)(H4,72,73,78)(H4,74,75,79)/t47-,51+,52-,53-,54-,55+,56-/m1/s1. The number of aromatic nitrogens is 3. The Labute approximate surface area is 558 Å². The Morgan fingerprint density at radius 2 is 0.740 bits per heavy atom. The maximum absolute atomic E-state index is 15.3. The second-order valence-electron chi connectivity index (χ2n) is 24.1. The number of carbonyl (C=O) groups is 8. The molecule has 0 spiro atoms. The molecule has 0 aliphatic heterocycles. The summed E-state index contributed by atoms with van der Waals surface area (Å²) in [4.78, 5) is 136. The first kappa shape index (κ1) is 74.8. The van der Waals surface area contributed by atoms with Crippen LogP contribution in [-0.2, 0) is 57.6 Å². The van der Waals surface area contributed by atoms with Crippen molar-refractivity contribution >= 4 is 97.8 Å². The first-order valence-corrected chi connectivity index (χ1v) is 33.2. The molecule has 8 amide bonds. The number of unbranched alkanes of at least 4 members (excludes halogenated alkanes) is 7. The Kier molecular flexibility index (Phi) is 30.8. The van der Waals surface area contributed by atoms with Crippen molar-refractivity contribution in [3.05, 3.63) is 108 Å². The number of H-pyrrole nitrogens is 3. The lowest BCUT2D eigenvalue weighted by molar-refractivity contribution is -0.135. The molecule has 7 atom stereocenters. The summed E-state index contributed by atoms with van der Waals surface area (Å²) in [5, 5.41) is 22.2. The van der Waals surface area contributed by atoms with E-state index in [1.807, 2.05) is 72.8 Å². The van der Waals surface area contributed by atoms with Gasteiger partial charge in [-0.15, -0.1) is 0 Å². The number of aliphatic imine (C=N–C) groups is 3. The number of rotatable bonds is 44. The maximum Gasteiger partial charge on any atom is 0.243 e. The van der Waals surface area contributed by atoms with Gasteiger partial charge in [-0.05, 0) is 99.1 Å². The van der Waals surface area contributed by atoms with E-state index in [-0.39, 0.29) is 101 Å². The van der Waals surface area contributed by atoms with Gasteiger partial charge in [0.1, 0.15) is 36.3 Å². The fourth-order valence-corrected chi connectivity index (χ4v) is 11.3. The van der Waals surface area contributed by atoms with Gasteiger partial charge in [-0.2, -0.15) is 0 Å². The van der Waals surface area contributed by atoms with Crippen molar-refractivity contribution in [3.8, 4) is 0 Å². The van der Waals surface area contributed by atoms with Crippen molar-refractivity contribution in [2.24, 2.45) is 60.8 Å². The lowest BCUT2D eigenvalue weighted by atomic mass is 10.0. The molecular formula is C67H99N21O8. The van der Waals surface area contributed by atoms with Crippen LogP contribution in [0, 0.1) is 0 Å². The van der Waals surface area contributed by atoms with Crippen molar-refractivity contribution < 1.29 is 38.4 Å². The van der Waals surface area contributed by atoms with Crippen LogP contribution < -0.4 is 83.1 Å². The Hall–Kier alpha value is -10.2. The molecule has 6 rings (SSSR count). The van der Waals surface area contributed by atoms with Crippen molar-refractivity contribution in [2.75, 3.05) is 26.2 Å². The number of benzene rings is 3. The minimum Gasteiger partial charge on any atom is -0.370 e. The van der Waals surface area contributed by atoms with Gasteiger partial charge in [0.05, 0.1) is 6.04 Å². The maximum atomic E-state index is 15.3. The number of nitrogens with one attached hydrogen (secondary N) is 10. The Morgan fingerprint density at radius 3 is 1.15 bits per heavy atom. The number of fused-ring (bicyclic) bond motifs is 3. The van der Waals surface area contributed by atoms with E-state index in [2.05, 4.69) is 74.1 Å². The highest BCUT2D eigenvalue weighted by atomic mass is 16.2. The minimum absolute atomic E-state index is 0.0360. The van der Waals surface area contributed by atoms with Crippen LogP contribution in [0.15, 0.2) is 106 Å². The van der Waals surface area contributed by atoms with Crippen molar-refractivity contribution in [2.45, 2.75) is 178 Å². The molecule has 0 unspecified atom stereocenters. The van der Waals surface area contributed by atoms with Crippen LogP contribution in [0.2, 0.25) is 0 Å². The number of carbonyl (C=O) groups excluding carboxylic acids is 8. The molecule has 29 heteroatoms. The van der Waals surface area contributed by atoms with Crippen molar-refractivity contribution in [3.63, 3.8) is 0 Å². The molecule has 0 aliphatic rings. The summed E-state index contributed by atoms with van der Waals surface area (Å²) in [5.74, 6) is -6.02. The van der Waals surface area contributed by atoms with Crippen LogP contribution in [0.4, 0.5) is 0 Å². The number of amides is 8. The molecule has 0 saturated carbocycles. The van der Waals surface area contributed by atoms with Gasteiger partial charge in [-0.25, -0.2) is 0 Å². The molecule has 0 aliphatic carbocycles. The van der Waals surface area contributed by atoms with Crippen LogP contribution in [0.1, 0.15) is 133 Å². The molecule has 6 aromatic rings. The smallest absolute Gasteiger partial charge is 0.243 e. The number of nitrogens with two attached hydrogens (primary N) is 8. The lowest BCUT2D eigenvalue weighted by Crippen LogP contribution is -2.60. The van der Waals surface area contributed by atoms with E-state index in [9.17, 15) is 24.0 Å². The monoisotopic (exact) mass is 1330 g/mol. The molecule has 26 N–H and O–H groups in total. The van der Waals surface area contributed by atoms with Crippen LogP contribution in [0.5, 0.6) is 0 Å². The third kappa shape index (κ3) is 24.9. The van der Waals surface area contributed by atoms with Gasteiger partial charge in [0, 0.05) is 103 Å². The molecule has 520 valence electrons. The van der Waals surface area contributed by atoms with Crippen molar-refractivity contribution in [1.82, 2.24) is 52.2 Å². The zero-order valence-electron chi connectivity index (χ0n) is 54.9. The van der Waals surface area contributed by atoms with Crippen molar-refractivity contribution in [1.29, 1.82) is 0 Å². The highest BCUT2D eigenvalue weighted by Gasteiger charge is 2.35. The Balaban J connectivity index is 1.27. The summed E-state index contributed by atoms with van der Waals surface area (Å²) in [6.45, 7) is 2.83. The van der Waals surface area contributed by atoms with Gasteiger partial charge < -0.3 is 98.0 Å². The molecule has 3 aromatic heterocycles. The van der Waals surface area contributed by atoms with E-state index in [1.165, 1.54) is 19.3 Å². The number of aromatic amines is 3. The van der Waals surface area contributed by atoms with Gasteiger partial charge in [-0.3, -0.25) is 53.3 Å².